The van der Waals surface area contributed by atoms with Gasteiger partial charge in [-0.1, -0.05) is 59.3 Å². The molecule has 0 saturated heterocycles. The lowest BCUT2D eigenvalue weighted by Crippen LogP contribution is -1.98. The zero-order valence-electron chi connectivity index (χ0n) is 13.3. The lowest BCUT2D eigenvalue weighted by Gasteiger charge is -2.11. The number of unbranched alkanes of at least 4 members (excludes halogenated alkanes) is 5. The van der Waals surface area contributed by atoms with Gasteiger partial charge in [-0.15, -0.1) is 0 Å². The quantitative estimate of drug-likeness (QED) is 0.438. The Morgan fingerprint density at radius 2 is 1.64 bits per heavy atom. The molecule has 0 spiro atoms. The summed E-state index contributed by atoms with van der Waals surface area (Å²) < 4.78 is 5.94. The number of fused-ring (bicyclic) bond motifs is 1. The second-order valence-electron chi connectivity index (χ2n) is 5.79. The van der Waals surface area contributed by atoms with E-state index in [9.17, 15) is 5.11 Å². The van der Waals surface area contributed by atoms with E-state index in [1.807, 2.05) is 18.2 Å². The van der Waals surface area contributed by atoms with Gasteiger partial charge in [0.2, 0.25) is 0 Å². The molecular formula is C19H25BrO2. The maximum Gasteiger partial charge on any atom is 0.127 e. The number of aryl methyl sites for hydroxylation is 1. The zero-order chi connectivity index (χ0) is 15.8. The third-order valence-corrected chi connectivity index (χ3v) is 4.46. The predicted molar refractivity (Wildman–Crippen MR) is 97.3 cm³/mol. The van der Waals surface area contributed by atoms with Crippen LogP contribution in [0.25, 0.3) is 10.8 Å². The van der Waals surface area contributed by atoms with E-state index < -0.39 is 0 Å². The van der Waals surface area contributed by atoms with Crippen molar-refractivity contribution in [2.24, 2.45) is 0 Å². The molecule has 2 aromatic rings. The Morgan fingerprint density at radius 1 is 0.909 bits per heavy atom. The molecule has 2 nitrogen and oxygen atoms in total. The standard InChI is InChI=1S/C19H25BrO2/c1-15-8-9-16-17(14-15)19(11-10-18(16)21)22-13-7-5-3-2-4-6-12-20/h8-11,14,21H,2-7,12-13H2,1H3. The Bertz CT molecular complexity index is 595. The maximum absolute atomic E-state index is 9.94. The molecule has 0 amide bonds. The highest BCUT2D eigenvalue weighted by Crippen LogP contribution is 2.33. The minimum Gasteiger partial charge on any atom is -0.507 e. The average Bonchev–Trinajstić information content (AvgIpc) is 2.52. The van der Waals surface area contributed by atoms with E-state index in [0.29, 0.717) is 5.75 Å². The van der Waals surface area contributed by atoms with Crippen molar-refractivity contribution < 1.29 is 9.84 Å². The smallest absolute Gasteiger partial charge is 0.127 e. The summed E-state index contributed by atoms with van der Waals surface area (Å²) in [5.41, 5.74) is 1.18. The number of hydrogen-bond acceptors (Lipinski definition) is 2. The molecule has 0 aliphatic carbocycles. The normalized spacial score (nSPS) is 11.0. The molecular weight excluding hydrogens is 340 g/mol. The molecule has 0 aliphatic rings. The number of phenols is 1. The van der Waals surface area contributed by atoms with Crippen LogP contribution in [0.15, 0.2) is 30.3 Å². The minimum absolute atomic E-state index is 0.314. The molecule has 2 aromatic carbocycles. The van der Waals surface area contributed by atoms with E-state index in [0.717, 1.165) is 34.9 Å². The second kappa shape index (κ2) is 9.04. The lowest BCUT2D eigenvalue weighted by molar-refractivity contribution is 0.307. The first kappa shape index (κ1) is 17.1. The number of rotatable bonds is 9. The van der Waals surface area contributed by atoms with Gasteiger partial charge in [0.1, 0.15) is 11.5 Å². The van der Waals surface area contributed by atoms with Gasteiger partial charge in [0.25, 0.3) is 0 Å². The van der Waals surface area contributed by atoms with Crippen LogP contribution in [0.4, 0.5) is 0 Å². The number of halogens is 1. The molecule has 0 heterocycles. The molecule has 120 valence electrons. The number of aromatic hydroxyl groups is 1. The van der Waals surface area contributed by atoms with Crippen LogP contribution in [0.1, 0.15) is 44.1 Å². The molecule has 0 unspecified atom stereocenters. The molecule has 0 aliphatic heterocycles. The number of ether oxygens (including phenoxy) is 1. The Labute approximate surface area is 141 Å². The van der Waals surface area contributed by atoms with Crippen molar-refractivity contribution in [2.75, 3.05) is 11.9 Å². The van der Waals surface area contributed by atoms with Gasteiger partial charge in [0.05, 0.1) is 6.61 Å². The highest BCUT2D eigenvalue weighted by Gasteiger charge is 2.06. The van der Waals surface area contributed by atoms with Crippen molar-refractivity contribution in [3.05, 3.63) is 35.9 Å². The van der Waals surface area contributed by atoms with Crippen molar-refractivity contribution in [1.82, 2.24) is 0 Å². The van der Waals surface area contributed by atoms with Gasteiger partial charge in [-0.3, -0.25) is 0 Å². The van der Waals surface area contributed by atoms with Crippen LogP contribution in [0.2, 0.25) is 0 Å². The van der Waals surface area contributed by atoms with E-state index in [1.165, 1.54) is 37.7 Å². The summed E-state index contributed by atoms with van der Waals surface area (Å²) in [4.78, 5) is 0. The van der Waals surface area contributed by atoms with Crippen LogP contribution in [0.5, 0.6) is 11.5 Å². The molecule has 1 N–H and O–H groups in total. The summed E-state index contributed by atoms with van der Waals surface area (Å²) >= 11 is 3.46. The Morgan fingerprint density at radius 3 is 2.41 bits per heavy atom. The topological polar surface area (TPSA) is 29.5 Å². The minimum atomic E-state index is 0.314. The molecule has 0 radical (unpaired) electrons. The Hall–Kier alpha value is -1.22. The van der Waals surface area contributed by atoms with Gasteiger partial charge < -0.3 is 9.84 Å². The third kappa shape index (κ3) is 4.91. The number of benzene rings is 2. The van der Waals surface area contributed by atoms with Crippen LogP contribution in [-0.4, -0.2) is 17.0 Å². The predicted octanol–water partition coefficient (Wildman–Crippen LogP) is 5.97. The van der Waals surface area contributed by atoms with Crippen LogP contribution < -0.4 is 4.74 Å². The zero-order valence-corrected chi connectivity index (χ0v) is 14.9. The molecule has 0 atom stereocenters. The number of alkyl halides is 1. The largest absolute Gasteiger partial charge is 0.507 e. The maximum atomic E-state index is 9.94. The monoisotopic (exact) mass is 364 g/mol. The molecule has 22 heavy (non-hydrogen) atoms. The van der Waals surface area contributed by atoms with E-state index in [2.05, 4.69) is 28.9 Å². The van der Waals surface area contributed by atoms with Gasteiger partial charge in [0.15, 0.2) is 0 Å². The van der Waals surface area contributed by atoms with Crippen LogP contribution in [0.3, 0.4) is 0 Å². The van der Waals surface area contributed by atoms with Gasteiger partial charge in [-0.2, -0.15) is 0 Å². The summed E-state index contributed by atoms with van der Waals surface area (Å²) in [6, 6.07) is 9.63. The SMILES string of the molecule is Cc1ccc2c(O)ccc(OCCCCCCCCBr)c2c1. The fraction of sp³-hybridized carbons (Fsp3) is 0.474. The summed E-state index contributed by atoms with van der Waals surface area (Å²) in [6.07, 6.45) is 7.49. The number of hydrogen-bond donors (Lipinski definition) is 1. The summed E-state index contributed by atoms with van der Waals surface area (Å²) in [5.74, 6) is 1.19. The highest BCUT2D eigenvalue weighted by atomic mass is 79.9. The second-order valence-corrected chi connectivity index (χ2v) is 6.58. The van der Waals surface area contributed by atoms with E-state index in [1.54, 1.807) is 6.07 Å². The average molecular weight is 365 g/mol. The van der Waals surface area contributed by atoms with E-state index in [-0.39, 0.29) is 0 Å². The van der Waals surface area contributed by atoms with Crippen molar-refractivity contribution in [2.45, 2.75) is 45.4 Å². The summed E-state index contributed by atoms with van der Waals surface area (Å²) in [7, 11) is 0. The first-order chi connectivity index (χ1) is 10.7. The first-order valence-corrected chi connectivity index (χ1v) is 9.25. The van der Waals surface area contributed by atoms with Crippen molar-refractivity contribution in [3.63, 3.8) is 0 Å². The first-order valence-electron chi connectivity index (χ1n) is 8.13. The lowest BCUT2D eigenvalue weighted by atomic mass is 10.1. The summed E-state index contributed by atoms with van der Waals surface area (Å²) in [5, 5.41) is 12.9. The van der Waals surface area contributed by atoms with Gasteiger partial charge in [-0.05, 0) is 38.0 Å². The van der Waals surface area contributed by atoms with Crippen molar-refractivity contribution in [1.29, 1.82) is 0 Å². The van der Waals surface area contributed by atoms with Crippen LogP contribution in [0, 0.1) is 6.92 Å². The van der Waals surface area contributed by atoms with Gasteiger partial charge >= 0.3 is 0 Å². The Kier molecular flexibility index (Phi) is 7.04. The highest BCUT2D eigenvalue weighted by molar-refractivity contribution is 9.09. The van der Waals surface area contributed by atoms with Crippen molar-refractivity contribution >= 4 is 26.7 Å². The van der Waals surface area contributed by atoms with Gasteiger partial charge in [-0.25, -0.2) is 0 Å². The molecule has 2 rings (SSSR count). The van der Waals surface area contributed by atoms with E-state index in [4.69, 9.17) is 4.74 Å². The molecule has 3 heteroatoms. The van der Waals surface area contributed by atoms with Crippen LogP contribution in [-0.2, 0) is 0 Å². The number of phenolic OH excluding ortho intramolecular Hbond substituents is 1. The summed E-state index contributed by atoms with van der Waals surface area (Å²) in [6.45, 7) is 2.80. The molecule has 0 bridgehead atoms. The van der Waals surface area contributed by atoms with Gasteiger partial charge in [0, 0.05) is 16.1 Å². The van der Waals surface area contributed by atoms with E-state index >= 15 is 0 Å². The molecule has 0 fully saturated rings. The fourth-order valence-corrected chi connectivity index (χ4v) is 3.03. The molecule has 0 saturated carbocycles. The Balaban J connectivity index is 1.84. The molecule has 0 aromatic heterocycles. The van der Waals surface area contributed by atoms with Crippen molar-refractivity contribution in [3.8, 4) is 11.5 Å². The van der Waals surface area contributed by atoms with Crippen LogP contribution >= 0.6 is 15.9 Å². The third-order valence-electron chi connectivity index (χ3n) is 3.89. The fourth-order valence-electron chi connectivity index (χ4n) is 2.63.